The van der Waals surface area contributed by atoms with E-state index in [-0.39, 0.29) is 23.2 Å². The van der Waals surface area contributed by atoms with Crippen LogP contribution in [-0.4, -0.2) is 22.3 Å². The highest BCUT2D eigenvalue weighted by Gasteiger charge is 2.29. The van der Waals surface area contributed by atoms with E-state index in [1.54, 1.807) is 18.2 Å². The molecule has 1 aliphatic heterocycles. The minimum absolute atomic E-state index is 0.223. The number of rotatable bonds is 5. The SMILES string of the molecule is CC(C)Cn1cc(C(F)F)c(C(=O)NC2CCOc3c(Cl)cccc32)n1. The van der Waals surface area contributed by atoms with Crippen LogP contribution in [0.25, 0.3) is 0 Å². The van der Waals surface area contributed by atoms with E-state index in [4.69, 9.17) is 16.3 Å². The number of nitrogens with zero attached hydrogens (tertiary/aromatic N) is 2. The number of aromatic nitrogens is 2. The summed E-state index contributed by atoms with van der Waals surface area (Å²) in [5.74, 6) is 0.117. The summed E-state index contributed by atoms with van der Waals surface area (Å²) in [6, 6.07) is 4.89. The van der Waals surface area contributed by atoms with Gasteiger partial charge in [0.2, 0.25) is 0 Å². The molecule has 2 aromatic rings. The maximum atomic E-state index is 13.3. The van der Waals surface area contributed by atoms with Gasteiger partial charge in [0.1, 0.15) is 5.75 Å². The zero-order valence-electron chi connectivity index (χ0n) is 14.5. The largest absolute Gasteiger partial charge is 0.492 e. The number of ether oxygens (including phenoxy) is 1. The van der Waals surface area contributed by atoms with Crippen LogP contribution in [0, 0.1) is 5.92 Å². The second-order valence-electron chi connectivity index (χ2n) is 6.67. The number of amides is 1. The van der Waals surface area contributed by atoms with Gasteiger partial charge < -0.3 is 10.1 Å². The summed E-state index contributed by atoms with van der Waals surface area (Å²) in [6.45, 7) is 4.74. The molecule has 3 rings (SSSR count). The first-order valence-corrected chi connectivity index (χ1v) is 8.82. The average Bonchev–Trinajstić information content (AvgIpc) is 2.99. The molecule has 2 heterocycles. The van der Waals surface area contributed by atoms with Gasteiger partial charge in [-0.25, -0.2) is 8.78 Å². The molecular weight excluding hydrogens is 364 g/mol. The number of hydrogen-bond acceptors (Lipinski definition) is 3. The Bertz CT molecular complexity index is 808. The standard InChI is InChI=1S/C18H20ClF2N3O2/c1-10(2)8-24-9-12(17(20)21)15(23-24)18(25)22-14-6-7-26-16-11(14)4-3-5-13(16)19/h3-5,9-10,14,17H,6-8H2,1-2H3,(H,22,25). The van der Waals surface area contributed by atoms with Crippen LogP contribution in [0.15, 0.2) is 24.4 Å². The number of alkyl halides is 2. The van der Waals surface area contributed by atoms with Gasteiger partial charge in [0.25, 0.3) is 12.3 Å². The molecule has 0 bridgehead atoms. The Labute approximate surface area is 155 Å². The highest BCUT2D eigenvalue weighted by Crippen LogP contribution is 2.37. The van der Waals surface area contributed by atoms with Gasteiger partial charge in [-0.15, -0.1) is 0 Å². The molecule has 1 N–H and O–H groups in total. The van der Waals surface area contributed by atoms with E-state index in [0.717, 1.165) is 5.56 Å². The Hall–Kier alpha value is -2.15. The van der Waals surface area contributed by atoms with Crippen LogP contribution in [0.2, 0.25) is 5.02 Å². The third kappa shape index (κ3) is 3.82. The minimum atomic E-state index is -2.77. The van der Waals surface area contributed by atoms with Gasteiger partial charge >= 0.3 is 0 Å². The molecule has 26 heavy (non-hydrogen) atoms. The van der Waals surface area contributed by atoms with E-state index in [0.29, 0.717) is 30.3 Å². The second-order valence-corrected chi connectivity index (χ2v) is 7.08. The number of carbonyl (C=O) groups excluding carboxylic acids is 1. The molecule has 1 amide bonds. The normalized spacial score (nSPS) is 16.5. The second kappa shape index (κ2) is 7.61. The van der Waals surface area contributed by atoms with E-state index < -0.39 is 12.3 Å². The van der Waals surface area contributed by atoms with E-state index in [1.165, 1.54) is 10.9 Å². The van der Waals surface area contributed by atoms with E-state index in [1.807, 2.05) is 13.8 Å². The monoisotopic (exact) mass is 383 g/mol. The summed E-state index contributed by atoms with van der Waals surface area (Å²) in [5.41, 5.74) is 0.134. The highest BCUT2D eigenvalue weighted by molar-refractivity contribution is 6.32. The number of para-hydroxylation sites is 1. The molecule has 1 aliphatic rings. The maximum absolute atomic E-state index is 13.3. The fraction of sp³-hybridized carbons (Fsp3) is 0.444. The first kappa shape index (κ1) is 18.6. The number of fused-ring (bicyclic) bond motifs is 1. The number of benzene rings is 1. The third-order valence-electron chi connectivity index (χ3n) is 4.12. The van der Waals surface area contributed by atoms with Crippen LogP contribution in [0.1, 0.15) is 54.4 Å². The predicted molar refractivity (Wildman–Crippen MR) is 93.8 cm³/mol. The average molecular weight is 384 g/mol. The minimum Gasteiger partial charge on any atom is -0.492 e. The topological polar surface area (TPSA) is 56.2 Å². The van der Waals surface area contributed by atoms with Crippen molar-refractivity contribution in [2.45, 2.75) is 39.3 Å². The summed E-state index contributed by atoms with van der Waals surface area (Å²) in [4.78, 5) is 12.6. The molecule has 0 spiro atoms. The van der Waals surface area contributed by atoms with E-state index in [2.05, 4.69) is 10.4 Å². The van der Waals surface area contributed by atoms with Crippen molar-refractivity contribution in [3.8, 4) is 5.75 Å². The van der Waals surface area contributed by atoms with E-state index in [9.17, 15) is 13.6 Å². The van der Waals surface area contributed by atoms with Crippen LogP contribution in [0.3, 0.4) is 0 Å². The Morgan fingerprint density at radius 1 is 1.46 bits per heavy atom. The molecule has 0 fully saturated rings. The Kier molecular flexibility index (Phi) is 5.46. The van der Waals surface area contributed by atoms with Gasteiger partial charge in [-0.3, -0.25) is 9.48 Å². The maximum Gasteiger partial charge on any atom is 0.272 e. The highest BCUT2D eigenvalue weighted by atomic mass is 35.5. The summed E-state index contributed by atoms with van der Waals surface area (Å²) in [6.07, 6.45) is -1.00. The quantitative estimate of drug-likeness (QED) is 0.833. The zero-order chi connectivity index (χ0) is 18.8. The lowest BCUT2D eigenvalue weighted by molar-refractivity contribution is 0.0906. The number of halogens is 3. The molecule has 0 saturated carbocycles. The first-order valence-electron chi connectivity index (χ1n) is 8.44. The molecule has 0 saturated heterocycles. The van der Waals surface area contributed by atoms with Crippen LogP contribution >= 0.6 is 11.6 Å². The van der Waals surface area contributed by atoms with Crippen molar-refractivity contribution in [2.24, 2.45) is 5.92 Å². The van der Waals surface area contributed by atoms with Gasteiger partial charge in [0.05, 0.1) is 23.2 Å². The van der Waals surface area contributed by atoms with Crippen LogP contribution in [0.5, 0.6) is 5.75 Å². The van der Waals surface area contributed by atoms with Crippen molar-refractivity contribution < 1.29 is 18.3 Å². The summed E-state index contributed by atoms with van der Waals surface area (Å²) in [7, 11) is 0. The van der Waals surface area contributed by atoms with Gasteiger partial charge in [-0.05, 0) is 12.0 Å². The molecule has 1 aromatic carbocycles. The van der Waals surface area contributed by atoms with Crippen molar-refractivity contribution in [2.75, 3.05) is 6.61 Å². The van der Waals surface area contributed by atoms with Crippen LogP contribution in [-0.2, 0) is 6.54 Å². The van der Waals surface area contributed by atoms with Crippen molar-refractivity contribution >= 4 is 17.5 Å². The van der Waals surface area contributed by atoms with Gasteiger partial charge in [-0.1, -0.05) is 37.6 Å². The summed E-state index contributed by atoms with van der Waals surface area (Å²) >= 11 is 6.13. The fourth-order valence-corrected chi connectivity index (χ4v) is 3.24. The number of nitrogens with one attached hydrogen (secondary N) is 1. The Morgan fingerprint density at radius 2 is 2.23 bits per heavy atom. The Morgan fingerprint density at radius 3 is 2.92 bits per heavy atom. The van der Waals surface area contributed by atoms with Crippen LogP contribution < -0.4 is 10.1 Å². The molecule has 140 valence electrons. The smallest absolute Gasteiger partial charge is 0.272 e. The van der Waals surface area contributed by atoms with Gasteiger partial charge in [0.15, 0.2) is 5.69 Å². The van der Waals surface area contributed by atoms with Gasteiger partial charge in [0, 0.05) is 24.7 Å². The molecule has 8 heteroatoms. The number of carbonyl (C=O) groups is 1. The lowest BCUT2D eigenvalue weighted by Crippen LogP contribution is -2.33. The predicted octanol–water partition coefficient (Wildman–Crippen LogP) is 4.38. The molecule has 1 unspecified atom stereocenters. The first-order chi connectivity index (χ1) is 12.4. The Balaban J connectivity index is 1.85. The van der Waals surface area contributed by atoms with Crippen molar-refractivity contribution in [1.29, 1.82) is 0 Å². The van der Waals surface area contributed by atoms with Crippen molar-refractivity contribution in [3.63, 3.8) is 0 Å². The summed E-state index contributed by atoms with van der Waals surface area (Å²) in [5, 5.41) is 7.33. The molecular formula is C18H20ClF2N3O2. The van der Waals surface area contributed by atoms with Crippen molar-refractivity contribution in [3.05, 3.63) is 46.2 Å². The molecule has 0 aliphatic carbocycles. The molecule has 5 nitrogen and oxygen atoms in total. The molecule has 1 atom stereocenters. The van der Waals surface area contributed by atoms with E-state index >= 15 is 0 Å². The fourth-order valence-electron chi connectivity index (χ4n) is 3.00. The van der Waals surface area contributed by atoms with Crippen molar-refractivity contribution in [1.82, 2.24) is 15.1 Å². The summed E-state index contributed by atoms with van der Waals surface area (Å²) < 4.78 is 33.6. The molecule has 0 radical (unpaired) electrons. The van der Waals surface area contributed by atoms with Crippen LogP contribution in [0.4, 0.5) is 8.78 Å². The van der Waals surface area contributed by atoms with Gasteiger partial charge in [-0.2, -0.15) is 5.10 Å². The number of hydrogen-bond donors (Lipinski definition) is 1. The molecule has 1 aromatic heterocycles. The lowest BCUT2D eigenvalue weighted by Gasteiger charge is -2.27. The lowest BCUT2D eigenvalue weighted by atomic mass is 10.0. The zero-order valence-corrected chi connectivity index (χ0v) is 15.3. The third-order valence-corrected chi connectivity index (χ3v) is 4.42.